The number of aliphatic hydroxyl groups excluding tert-OH is 1. The SMILES string of the molecule is C[N+](C)(C)CC(O)(CC(=O)[O-])C(=O)CCCCCCCCCCCCCCCCCCCO. The number of ketones is 1. The molecule has 0 rings (SSSR count). The van der Waals surface area contributed by atoms with Crippen LogP contribution in [0.15, 0.2) is 0 Å². The van der Waals surface area contributed by atoms with Gasteiger partial charge in [-0.05, 0) is 12.8 Å². The van der Waals surface area contributed by atoms with Gasteiger partial charge >= 0.3 is 0 Å². The number of carbonyl (C=O) groups excluding carboxylic acids is 2. The molecule has 0 saturated heterocycles. The van der Waals surface area contributed by atoms with Crippen LogP contribution in [0.3, 0.4) is 0 Å². The number of hydrogen-bond acceptors (Lipinski definition) is 5. The van der Waals surface area contributed by atoms with E-state index in [0.29, 0.717) is 17.5 Å². The number of unbranched alkanes of at least 4 members (excludes halogenated alkanes) is 16. The Labute approximate surface area is 203 Å². The minimum Gasteiger partial charge on any atom is -0.550 e. The van der Waals surface area contributed by atoms with Crippen LogP contribution >= 0.6 is 0 Å². The second-order valence-electron chi connectivity index (χ2n) is 10.9. The molecule has 1 atom stereocenters. The number of Topliss-reactive ketones (excluding diaryl/α,β-unsaturated/α-hetero) is 1. The third kappa shape index (κ3) is 20.1. The molecule has 33 heavy (non-hydrogen) atoms. The number of hydrogen-bond donors (Lipinski definition) is 2. The zero-order chi connectivity index (χ0) is 25.0. The zero-order valence-corrected chi connectivity index (χ0v) is 21.9. The Morgan fingerprint density at radius 3 is 1.30 bits per heavy atom. The van der Waals surface area contributed by atoms with E-state index >= 15 is 0 Å². The molecule has 1 unspecified atom stereocenters. The Hall–Kier alpha value is -0.980. The molecule has 2 N–H and O–H groups in total. The fourth-order valence-electron chi connectivity index (χ4n) is 4.55. The zero-order valence-electron chi connectivity index (χ0n) is 21.9. The topological polar surface area (TPSA) is 97.7 Å². The number of aliphatic hydroxyl groups is 2. The predicted molar refractivity (Wildman–Crippen MR) is 133 cm³/mol. The summed E-state index contributed by atoms with van der Waals surface area (Å²) in [4.78, 5) is 23.5. The first-order valence-corrected chi connectivity index (χ1v) is 13.5. The number of carboxylic acid groups (broad SMARTS) is 1. The highest BCUT2D eigenvalue weighted by molar-refractivity contribution is 5.90. The van der Waals surface area contributed by atoms with E-state index in [1.807, 2.05) is 21.1 Å². The molecule has 6 heteroatoms. The van der Waals surface area contributed by atoms with Crippen molar-refractivity contribution >= 4 is 11.8 Å². The van der Waals surface area contributed by atoms with Crippen molar-refractivity contribution in [2.24, 2.45) is 0 Å². The number of rotatable bonds is 24. The van der Waals surface area contributed by atoms with E-state index in [9.17, 15) is 19.8 Å². The van der Waals surface area contributed by atoms with Gasteiger partial charge in [0, 0.05) is 25.4 Å². The van der Waals surface area contributed by atoms with Gasteiger partial charge in [-0.3, -0.25) is 4.79 Å². The van der Waals surface area contributed by atoms with Crippen molar-refractivity contribution in [1.29, 1.82) is 0 Å². The Morgan fingerprint density at radius 1 is 0.667 bits per heavy atom. The lowest BCUT2D eigenvalue weighted by molar-refractivity contribution is -0.875. The van der Waals surface area contributed by atoms with E-state index in [2.05, 4.69) is 0 Å². The van der Waals surface area contributed by atoms with Crippen LogP contribution < -0.4 is 5.11 Å². The van der Waals surface area contributed by atoms with Crippen molar-refractivity contribution in [1.82, 2.24) is 0 Å². The summed E-state index contributed by atoms with van der Waals surface area (Å²) in [6.07, 6.45) is 20.1. The minimum absolute atomic E-state index is 0.0746. The van der Waals surface area contributed by atoms with Crippen molar-refractivity contribution in [2.75, 3.05) is 34.3 Å². The number of carboxylic acids is 1. The van der Waals surface area contributed by atoms with E-state index in [1.165, 1.54) is 83.5 Å². The average molecular weight is 472 g/mol. The predicted octanol–water partition coefficient (Wildman–Crippen LogP) is 4.15. The first-order valence-electron chi connectivity index (χ1n) is 13.5. The first-order chi connectivity index (χ1) is 15.6. The molecule has 0 spiro atoms. The number of carbonyl (C=O) groups is 2. The molecule has 0 radical (unpaired) electrons. The third-order valence-electron chi connectivity index (χ3n) is 6.25. The maximum Gasteiger partial charge on any atom is 0.177 e. The summed E-state index contributed by atoms with van der Waals surface area (Å²) in [5.74, 6) is -1.76. The fraction of sp³-hybridized carbons (Fsp3) is 0.926. The largest absolute Gasteiger partial charge is 0.550 e. The van der Waals surface area contributed by atoms with Gasteiger partial charge in [0.25, 0.3) is 0 Å². The van der Waals surface area contributed by atoms with E-state index in [4.69, 9.17) is 5.11 Å². The summed E-state index contributed by atoms with van der Waals surface area (Å²) >= 11 is 0. The molecule has 0 heterocycles. The number of likely N-dealkylation sites (N-methyl/N-ethyl adjacent to an activating group) is 1. The van der Waals surface area contributed by atoms with Crippen molar-refractivity contribution < 1.29 is 29.4 Å². The summed E-state index contributed by atoms with van der Waals surface area (Å²) < 4.78 is 0.321. The Balaban J connectivity index is 3.62. The maximum atomic E-state index is 12.5. The summed E-state index contributed by atoms with van der Waals surface area (Å²) in [5.41, 5.74) is -1.84. The lowest BCUT2D eigenvalue weighted by Gasteiger charge is -2.34. The second-order valence-corrected chi connectivity index (χ2v) is 10.9. The molecule has 196 valence electrons. The highest BCUT2D eigenvalue weighted by Gasteiger charge is 2.40. The van der Waals surface area contributed by atoms with Crippen LogP contribution in [-0.2, 0) is 9.59 Å². The molecule has 0 aliphatic rings. The highest BCUT2D eigenvalue weighted by atomic mass is 16.4. The highest BCUT2D eigenvalue weighted by Crippen LogP contribution is 2.20. The van der Waals surface area contributed by atoms with Crippen LogP contribution in [-0.4, -0.2) is 66.3 Å². The van der Waals surface area contributed by atoms with Crippen molar-refractivity contribution in [2.45, 2.75) is 128 Å². The molecule has 0 aromatic rings. The molecule has 0 fully saturated rings. The third-order valence-corrected chi connectivity index (χ3v) is 6.25. The maximum absolute atomic E-state index is 12.5. The number of quaternary nitrogens is 1. The average Bonchev–Trinajstić information content (AvgIpc) is 2.70. The van der Waals surface area contributed by atoms with Gasteiger partial charge in [0.05, 0.1) is 21.1 Å². The van der Waals surface area contributed by atoms with Gasteiger partial charge in [0.2, 0.25) is 0 Å². The molecule has 0 bridgehead atoms. The summed E-state index contributed by atoms with van der Waals surface area (Å²) in [6.45, 7) is 0.406. The van der Waals surface area contributed by atoms with Crippen LogP contribution in [0.1, 0.15) is 122 Å². The monoisotopic (exact) mass is 471 g/mol. The molecule has 0 aliphatic carbocycles. The van der Waals surface area contributed by atoms with Crippen molar-refractivity contribution in [3.63, 3.8) is 0 Å². The van der Waals surface area contributed by atoms with Crippen LogP contribution in [0, 0.1) is 0 Å². The Kier molecular flexibility index (Phi) is 18.8. The van der Waals surface area contributed by atoms with Gasteiger partial charge in [0.15, 0.2) is 11.4 Å². The van der Waals surface area contributed by atoms with Gasteiger partial charge in [-0.15, -0.1) is 0 Å². The lowest BCUT2D eigenvalue weighted by Crippen LogP contribution is -2.56. The smallest absolute Gasteiger partial charge is 0.177 e. The molecule has 0 aliphatic heterocycles. The standard InChI is InChI=1S/C27H53NO5/c1-28(2,3)24-27(33,23-26(31)32)25(30)21-19-17-15-13-11-9-7-5-4-6-8-10-12-14-16-18-20-22-29/h29,33H,4-24H2,1-3H3. The van der Waals surface area contributed by atoms with Gasteiger partial charge < -0.3 is 24.6 Å². The minimum atomic E-state index is -1.84. The lowest BCUT2D eigenvalue weighted by atomic mass is 9.89. The summed E-state index contributed by atoms with van der Waals surface area (Å²) in [5, 5.41) is 30.4. The van der Waals surface area contributed by atoms with Gasteiger partial charge in [-0.2, -0.15) is 0 Å². The van der Waals surface area contributed by atoms with E-state index in [-0.39, 0.29) is 18.7 Å². The molecule has 0 aromatic carbocycles. The molecule has 0 saturated carbocycles. The van der Waals surface area contributed by atoms with E-state index in [0.717, 1.165) is 19.3 Å². The molecular formula is C27H53NO5. The van der Waals surface area contributed by atoms with Crippen LogP contribution in [0.5, 0.6) is 0 Å². The second kappa shape index (κ2) is 19.3. The quantitative estimate of drug-likeness (QED) is 0.163. The van der Waals surface area contributed by atoms with Crippen molar-refractivity contribution in [3.05, 3.63) is 0 Å². The molecule has 0 aromatic heterocycles. The van der Waals surface area contributed by atoms with Gasteiger partial charge in [-0.25, -0.2) is 0 Å². The fourth-order valence-corrected chi connectivity index (χ4v) is 4.55. The van der Waals surface area contributed by atoms with Gasteiger partial charge in [0.1, 0.15) is 6.54 Å². The summed E-state index contributed by atoms with van der Waals surface area (Å²) in [6, 6.07) is 0. The van der Waals surface area contributed by atoms with Gasteiger partial charge in [-0.1, -0.05) is 96.3 Å². The molecular weight excluding hydrogens is 418 g/mol. The molecule has 0 amide bonds. The van der Waals surface area contributed by atoms with E-state index in [1.54, 1.807) is 0 Å². The van der Waals surface area contributed by atoms with Crippen LogP contribution in [0.2, 0.25) is 0 Å². The number of aliphatic carboxylic acids is 1. The van der Waals surface area contributed by atoms with E-state index < -0.39 is 18.0 Å². The van der Waals surface area contributed by atoms with Crippen molar-refractivity contribution in [3.8, 4) is 0 Å². The first kappa shape index (κ1) is 32.0. The van der Waals surface area contributed by atoms with Crippen LogP contribution in [0.25, 0.3) is 0 Å². The Bertz CT molecular complexity index is 503. The Morgan fingerprint density at radius 2 is 1.00 bits per heavy atom. The summed E-state index contributed by atoms with van der Waals surface area (Å²) in [7, 11) is 5.49. The van der Waals surface area contributed by atoms with Crippen LogP contribution in [0.4, 0.5) is 0 Å². The normalized spacial score (nSPS) is 13.7. The molecule has 6 nitrogen and oxygen atoms in total. The number of nitrogens with zero attached hydrogens (tertiary/aromatic N) is 1.